The van der Waals surface area contributed by atoms with Crippen LogP contribution in [0.2, 0.25) is 0 Å². The van der Waals surface area contributed by atoms with E-state index >= 15 is 0 Å². The average Bonchev–Trinajstić information content (AvgIpc) is 1.82. The van der Waals surface area contributed by atoms with Crippen molar-refractivity contribution in [1.29, 1.82) is 0 Å². The number of aliphatic carboxylic acids is 1. The molecule has 0 radical (unpaired) electrons. The van der Waals surface area contributed by atoms with Gasteiger partial charge in [-0.05, 0) is 5.41 Å². The summed E-state index contributed by atoms with van der Waals surface area (Å²) in [5.41, 5.74) is 4.82. The Balaban J connectivity index is 4.25. The third-order valence-electron chi connectivity index (χ3n) is 1.55. The molecule has 66 valence electrons. The molecule has 0 spiro atoms. The van der Waals surface area contributed by atoms with Gasteiger partial charge in [-0.2, -0.15) is 0 Å². The lowest BCUT2D eigenvalue weighted by Gasteiger charge is -2.27. The summed E-state index contributed by atoms with van der Waals surface area (Å²) in [4.78, 5) is 10.1. The van der Waals surface area contributed by atoms with Crippen LogP contribution in [0.4, 0.5) is 4.39 Å². The first-order valence-electron chi connectivity index (χ1n) is 3.39. The fraction of sp³-hybridized carbons (Fsp3) is 0.857. The summed E-state index contributed by atoms with van der Waals surface area (Å²) in [6.07, 6.45) is -1.98. The third-order valence-corrected chi connectivity index (χ3v) is 1.55. The molecule has 0 aliphatic rings. The lowest BCUT2D eigenvalue weighted by atomic mass is 9.85. The van der Waals surface area contributed by atoms with Gasteiger partial charge in [0.1, 0.15) is 0 Å². The molecule has 0 aromatic rings. The standard InChI is InChI=1S/C7H14FNO2/c1-7(2,3)5(9)4(8)6(10)11/h4-5H,9H2,1-3H3,(H,10,11). The van der Waals surface area contributed by atoms with E-state index in [4.69, 9.17) is 10.8 Å². The summed E-state index contributed by atoms with van der Waals surface area (Å²) in [7, 11) is 0. The summed E-state index contributed by atoms with van der Waals surface area (Å²) in [5, 5.41) is 8.26. The van der Waals surface area contributed by atoms with Gasteiger partial charge in [0.25, 0.3) is 0 Å². The van der Waals surface area contributed by atoms with Crippen molar-refractivity contribution in [3.05, 3.63) is 0 Å². The molecule has 0 aromatic carbocycles. The molecule has 0 saturated carbocycles. The first-order chi connectivity index (χ1) is 4.76. The van der Waals surface area contributed by atoms with Crippen LogP contribution in [0.25, 0.3) is 0 Å². The molecule has 0 saturated heterocycles. The Hall–Kier alpha value is -0.640. The van der Waals surface area contributed by atoms with Crippen LogP contribution in [0.1, 0.15) is 20.8 Å². The van der Waals surface area contributed by atoms with Gasteiger partial charge < -0.3 is 10.8 Å². The zero-order valence-corrected chi connectivity index (χ0v) is 6.97. The number of carboxylic acid groups (broad SMARTS) is 1. The fourth-order valence-electron chi connectivity index (χ4n) is 0.593. The van der Waals surface area contributed by atoms with Gasteiger partial charge in [-0.25, -0.2) is 9.18 Å². The maximum atomic E-state index is 12.7. The second-order valence-electron chi connectivity index (χ2n) is 3.63. The number of hydrogen-bond donors (Lipinski definition) is 2. The van der Waals surface area contributed by atoms with Gasteiger partial charge in [-0.1, -0.05) is 20.8 Å². The Morgan fingerprint density at radius 1 is 1.55 bits per heavy atom. The van der Waals surface area contributed by atoms with Crippen molar-refractivity contribution in [2.24, 2.45) is 11.1 Å². The van der Waals surface area contributed by atoms with E-state index in [1.54, 1.807) is 20.8 Å². The predicted octanol–water partition coefficient (Wildman–Crippen LogP) is 0.782. The van der Waals surface area contributed by atoms with Crippen LogP contribution in [-0.2, 0) is 4.79 Å². The molecule has 0 aliphatic heterocycles. The normalized spacial score (nSPS) is 17.5. The highest BCUT2D eigenvalue weighted by atomic mass is 19.1. The van der Waals surface area contributed by atoms with E-state index in [-0.39, 0.29) is 0 Å². The third kappa shape index (κ3) is 2.84. The van der Waals surface area contributed by atoms with Crippen molar-refractivity contribution < 1.29 is 14.3 Å². The molecule has 0 aromatic heterocycles. The molecule has 0 bridgehead atoms. The largest absolute Gasteiger partial charge is 0.479 e. The minimum Gasteiger partial charge on any atom is -0.479 e. The summed E-state index contributed by atoms with van der Waals surface area (Å²) in [6.45, 7) is 5.10. The van der Waals surface area contributed by atoms with Crippen LogP contribution in [0.5, 0.6) is 0 Å². The van der Waals surface area contributed by atoms with Crippen molar-refractivity contribution in [2.75, 3.05) is 0 Å². The van der Waals surface area contributed by atoms with Gasteiger partial charge >= 0.3 is 5.97 Å². The molecule has 4 heteroatoms. The van der Waals surface area contributed by atoms with Crippen LogP contribution in [0.15, 0.2) is 0 Å². The molecular weight excluding hydrogens is 149 g/mol. The van der Waals surface area contributed by atoms with Crippen molar-refractivity contribution in [2.45, 2.75) is 33.0 Å². The van der Waals surface area contributed by atoms with Crippen LogP contribution in [0.3, 0.4) is 0 Å². The monoisotopic (exact) mass is 163 g/mol. The molecule has 3 nitrogen and oxygen atoms in total. The Labute approximate surface area is 65.4 Å². The lowest BCUT2D eigenvalue weighted by Crippen LogP contribution is -2.46. The molecular formula is C7H14FNO2. The SMILES string of the molecule is CC(C)(C)C(N)C(F)C(=O)O. The first kappa shape index (κ1) is 10.4. The highest BCUT2D eigenvalue weighted by Gasteiger charge is 2.33. The van der Waals surface area contributed by atoms with E-state index in [2.05, 4.69) is 0 Å². The Morgan fingerprint density at radius 3 is 2.00 bits per heavy atom. The quantitative estimate of drug-likeness (QED) is 0.632. The Kier molecular flexibility index (Phi) is 2.99. The van der Waals surface area contributed by atoms with Crippen LogP contribution >= 0.6 is 0 Å². The van der Waals surface area contributed by atoms with Gasteiger partial charge in [0.15, 0.2) is 0 Å². The number of rotatable bonds is 2. The van der Waals surface area contributed by atoms with Gasteiger partial charge in [0.2, 0.25) is 6.17 Å². The molecule has 3 N–H and O–H groups in total. The van der Waals surface area contributed by atoms with Crippen LogP contribution in [-0.4, -0.2) is 23.3 Å². The van der Waals surface area contributed by atoms with Crippen molar-refractivity contribution in [3.63, 3.8) is 0 Å². The summed E-state index contributed by atoms with van der Waals surface area (Å²) in [5.74, 6) is -1.49. The fourth-order valence-corrected chi connectivity index (χ4v) is 0.593. The summed E-state index contributed by atoms with van der Waals surface area (Å²) < 4.78 is 12.7. The van der Waals surface area contributed by atoms with Gasteiger partial charge in [0.05, 0.1) is 6.04 Å². The Morgan fingerprint density at radius 2 is 1.91 bits per heavy atom. The minimum absolute atomic E-state index is 0.516. The van der Waals surface area contributed by atoms with Crippen LogP contribution in [0, 0.1) is 5.41 Å². The van der Waals surface area contributed by atoms with Crippen molar-refractivity contribution >= 4 is 5.97 Å². The van der Waals surface area contributed by atoms with E-state index in [1.807, 2.05) is 0 Å². The first-order valence-corrected chi connectivity index (χ1v) is 3.39. The summed E-state index contributed by atoms with van der Waals surface area (Å²) in [6, 6.07) is -0.958. The number of alkyl halides is 1. The molecule has 0 fully saturated rings. The van der Waals surface area contributed by atoms with Gasteiger partial charge in [0, 0.05) is 0 Å². The summed E-state index contributed by atoms with van der Waals surface area (Å²) >= 11 is 0. The second-order valence-corrected chi connectivity index (χ2v) is 3.63. The van der Waals surface area contributed by atoms with Crippen molar-refractivity contribution in [3.8, 4) is 0 Å². The van der Waals surface area contributed by atoms with Gasteiger partial charge in [-0.15, -0.1) is 0 Å². The lowest BCUT2D eigenvalue weighted by molar-refractivity contribution is -0.144. The average molecular weight is 163 g/mol. The molecule has 0 aliphatic carbocycles. The molecule has 0 amide bonds. The molecule has 11 heavy (non-hydrogen) atoms. The smallest absolute Gasteiger partial charge is 0.339 e. The Bertz CT molecular complexity index is 153. The number of carboxylic acids is 1. The maximum Gasteiger partial charge on any atom is 0.339 e. The molecule has 2 unspecified atom stereocenters. The van der Waals surface area contributed by atoms with Gasteiger partial charge in [-0.3, -0.25) is 0 Å². The number of halogens is 1. The van der Waals surface area contributed by atoms with E-state index in [9.17, 15) is 9.18 Å². The topological polar surface area (TPSA) is 63.3 Å². The second kappa shape index (κ2) is 3.17. The highest BCUT2D eigenvalue weighted by Crippen LogP contribution is 2.21. The van der Waals surface area contributed by atoms with E-state index < -0.39 is 23.6 Å². The van der Waals surface area contributed by atoms with E-state index in [0.717, 1.165) is 0 Å². The van der Waals surface area contributed by atoms with Crippen molar-refractivity contribution in [1.82, 2.24) is 0 Å². The number of hydrogen-bond acceptors (Lipinski definition) is 2. The maximum absolute atomic E-state index is 12.7. The molecule has 2 atom stereocenters. The zero-order valence-electron chi connectivity index (χ0n) is 6.97. The minimum atomic E-state index is -1.98. The van der Waals surface area contributed by atoms with E-state index in [1.165, 1.54) is 0 Å². The predicted molar refractivity (Wildman–Crippen MR) is 40.0 cm³/mol. The van der Waals surface area contributed by atoms with E-state index in [0.29, 0.717) is 0 Å². The number of carbonyl (C=O) groups is 1. The molecule has 0 rings (SSSR count). The number of nitrogens with two attached hydrogens (primary N) is 1. The molecule has 0 heterocycles. The zero-order chi connectivity index (χ0) is 9.23. The van der Waals surface area contributed by atoms with Crippen LogP contribution < -0.4 is 5.73 Å². The highest BCUT2D eigenvalue weighted by molar-refractivity contribution is 5.73.